The number of hydrogen-bond donors (Lipinski definition) is 1. The summed E-state index contributed by atoms with van der Waals surface area (Å²) in [7, 11) is 2.12. The van der Waals surface area contributed by atoms with E-state index in [0.29, 0.717) is 12.4 Å². The maximum atomic E-state index is 11.7. The zero-order valence-electron chi connectivity index (χ0n) is 9.28. The maximum Gasteiger partial charge on any atom is 0.280 e. The first kappa shape index (κ1) is 13.2. The van der Waals surface area contributed by atoms with Crippen molar-refractivity contribution in [1.29, 1.82) is 0 Å². The number of likely N-dealkylation sites (N-methyl/N-ethyl adjacent to an activating group) is 1. The normalized spacial score (nSPS) is 17.8. The van der Waals surface area contributed by atoms with Crippen LogP contribution in [-0.2, 0) is 4.79 Å². The largest absolute Gasteiger partial charge is 1.00 e. The number of rotatable bonds is 3. The van der Waals surface area contributed by atoms with Crippen molar-refractivity contribution in [2.45, 2.75) is 12.8 Å². The molecule has 1 N–H and O–H groups in total. The molecule has 90 valence electrons. The van der Waals surface area contributed by atoms with Crippen molar-refractivity contribution in [3.63, 3.8) is 0 Å². The van der Waals surface area contributed by atoms with Gasteiger partial charge in [0.2, 0.25) is 0 Å². The van der Waals surface area contributed by atoms with Crippen molar-refractivity contribution in [1.82, 2.24) is 5.16 Å². The van der Waals surface area contributed by atoms with Gasteiger partial charge >= 0.3 is 0 Å². The van der Waals surface area contributed by atoms with Gasteiger partial charge in [0.05, 0.1) is 20.1 Å². The van der Waals surface area contributed by atoms with Crippen molar-refractivity contribution >= 4 is 11.7 Å². The minimum absolute atomic E-state index is 0. The van der Waals surface area contributed by atoms with Crippen LogP contribution in [0.5, 0.6) is 0 Å². The molecule has 1 aliphatic heterocycles. The zero-order chi connectivity index (χ0) is 10.7. The first-order chi connectivity index (χ1) is 7.18. The predicted molar refractivity (Wildman–Crippen MR) is 55.2 cm³/mol. The molecule has 0 spiro atoms. The minimum Gasteiger partial charge on any atom is -1.00 e. The van der Waals surface area contributed by atoms with Gasteiger partial charge in [-0.2, -0.15) is 0 Å². The fraction of sp³-hybridized carbons (Fsp3) is 0.600. The van der Waals surface area contributed by atoms with Crippen LogP contribution in [0.15, 0.2) is 16.9 Å². The standard InChI is InChI=1S/C10H15N3O2.BrH/c1-13(5-2-3-6-13)8-10(14)11-9-4-7-15-12-9;/h4,7H,2-3,5-6,8H2,1H3;1H. The van der Waals surface area contributed by atoms with Gasteiger partial charge in [-0.25, -0.2) is 0 Å². The molecule has 2 heterocycles. The van der Waals surface area contributed by atoms with E-state index in [0.717, 1.165) is 17.6 Å². The van der Waals surface area contributed by atoms with E-state index in [1.54, 1.807) is 6.07 Å². The number of quaternary nitrogens is 1. The summed E-state index contributed by atoms with van der Waals surface area (Å²) in [5, 5.41) is 6.35. The fourth-order valence-electron chi connectivity index (χ4n) is 2.06. The molecule has 2 rings (SSSR count). The summed E-state index contributed by atoms with van der Waals surface area (Å²) < 4.78 is 5.48. The molecule has 0 atom stereocenters. The molecule has 1 saturated heterocycles. The zero-order valence-corrected chi connectivity index (χ0v) is 10.9. The third-order valence-corrected chi connectivity index (χ3v) is 2.88. The van der Waals surface area contributed by atoms with E-state index in [2.05, 4.69) is 22.0 Å². The van der Waals surface area contributed by atoms with Crippen LogP contribution >= 0.6 is 0 Å². The number of carbonyl (C=O) groups excluding carboxylic acids is 1. The average molecular weight is 290 g/mol. The molecule has 0 bridgehead atoms. The van der Waals surface area contributed by atoms with Gasteiger partial charge in [0.1, 0.15) is 6.26 Å². The van der Waals surface area contributed by atoms with E-state index in [4.69, 9.17) is 0 Å². The Morgan fingerprint density at radius 3 is 2.81 bits per heavy atom. The summed E-state index contributed by atoms with van der Waals surface area (Å²) in [5.41, 5.74) is 0. The van der Waals surface area contributed by atoms with Gasteiger partial charge in [-0.1, -0.05) is 5.16 Å². The Balaban J connectivity index is 0.00000128. The lowest BCUT2D eigenvalue weighted by Crippen LogP contribution is -3.00. The lowest BCUT2D eigenvalue weighted by atomic mass is 10.4. The Hall–Kier alpha value is -0.880. The molecule has 0 saturated carbocycles. The molecular formula is C10H16BrN3O2. The van der Waals surface area contributed by atoms with Gasteiger partial charge < -0.3 is 31.3 Å². The predicted octanol–water partition coefficient (Wildman–Crippen LogP) is -2.14. The van der Waals surface area contributed by atoms with Gasteiger partial charge in [-0.15, -0.1) is 0 Å². The summed E-state index contributed by atoms with van der Waals surface area (Å²) in [5.74, 6) is 0.499. The Kier molecular flexibility index (Phi) is 4.49. The van der Waals surface area contributed by atoms with Gasteiger partial charge in [-0.3, -0.25) is 4.79 Å². The Morgan fingerprint density at radius 2 is 2.25 bits per heavy atom. The molecule has 1 aliphatic rings. The van der Waals surface area contributed by atoms with Crippen LogP contribution in [0.4, 0.5) is 5.82 Å². The third kappa shape index (κ3) is 3.31. The monoisotopic (exact) mass is 289 g/mol. The minimum atomic E-state index is 0. The van der Waals surface area contributed by atoms with Crippen molar-refractivity contribution in [3.05, 3.63) is 12.3 Å². The molecule has 0 aliphatic carbocycles. The summed E-state index contributed by atoms with van der Waals surface area (Å²) in [6.45, 7) is 2.70. The second-order valence-corrected chi connectivity index (χ2v) is 4.36. The highest BCUT2D eigenvalue weighted by atomic mass is 79.9. The molecule has 1 aromatic rings. The number of nitrogens with zero attached hydrogens (tertiary/aromatic N) is 2. The van der Waals surface area contributed by atoms with Crippen LogP contribution in [0.3, 0.4) is 0 Å². The number of nitrogens with one attached hydrogen (secondary N) is 1. The highest BCUT2D eigenvalue weighted by Crippen LogP contribution is 2.16. The number of hydrogen-bond acceptors (Lipinski definition) is 3. The fourth-order valence-corrected chi connectivity index (χ4v) is 2.06. The SMILES string of the molecule is C[N+]1(CC(=O)Nc2ccon2)CCCC1.[Br-]. The van der Waals surface area contributed by atoms with E-state index >= 15 is 0 Å². The summed E-state index contributed by atoms with van der Waals surface area (Å²) in [4.78, 5) is 11.7. The van der Waals surface area contributed by atoms with Crippen LogP contribution in [0, 0.1) is 0 Å². The molecule has 5 nitrogen and oxygen atoms in total. The molecule has 1 aromatic heterocycles. The first-order valence-electron chi connectivity index (χ1n) is 5.22. The maximum absolute atomic E-state index is 11.7. The second kappa shape index (κ2) is 5.45. The number of likely N-dealkylation sites (tertiary alicyclic amines) is 1. The molecule has 1 amide bonds. The molecule has 6 heteroatoms. The second-order valence-electron chi connectivity index (χ2n) is 4.36. The number of amides is 1. The number of carbonyl (C=O) groups is 1. The van der Waals surface area contributed by atoms with E-state index in [1.807, 2.05) is 0 Å². The molecular weight excluding hydrogens is 274 g/mol. The summed E-state index contributed by atoms with van der Waals surface area (Å²) in [6, 6.07) is 1.64. The number of anilines is 1. The first-order valence-corrected chi connectivity index (χ1v) is 5.22. The average Bonchev–Trinajstić information content (AvgIpc) is 2.76. The van der Waals surface area contributed by atoms with E-state index < -0.39 is 0 Å². The molecule has 1 fully saturated rings. The van der Waals surface area contributed by atoms with Crippen LogP contribution in [0.2, 0.25) is 0 Å². The molecule has 0 unspecified atom stereocenters. The van der Waals surface area contributed by atoms with E-state index in [9.17, 15) is 4.79 Å². The van der Waals surface area contributed by atoms with Crippen molar-refractivity contribution in [2.75, 3.05) is 32.0 Å². The topological polar surface area (TPSA) is 55.1 Å². The van der Waals surface area contributed by atoms with Gasteiger partial charge in [0.25, 0.3) is 5.91 Å². The number of aromatic nitrogens is 1. The van der Waals surface area contributed by atoms with Gasteiger partial charge in [0.15, 0.2) is 12.4 Å². The Morgan fingerprint density at radius 1 is 1.56 bits per heavy atom. The number of halogens is 1. The quantitative estimate of drug-likeness (QED) is 0.646. The van der Waals surface area contributed by atoms with Gasteiger partial charge in [-0.05, 0) is 0 Å². The summed E-state index contributed by atoms with van der Waals surface area (Å²) >= 11 is 0. The highest BCUT2D eigenvalue weighted by molar-refractivity contribution is 5.90. The van der Waals surface area contributed by atoms with E-state index in [1.165, 1.54) is 19.1 Å². The van der Waals surface area contributed by atoms with Crippen LogP contribution < -0.4 is 22.3 Å². The van der Waals surface area contributed by atoms with Crippen molar-refractivity contribution < 1.29 is 30.8 Å². The van der Waals surface area contributed by atoms with Crippen LogP contribution in [-0.4, -0.2) is 42.2 Å². The smallest absolute Gasteiger partial charge is 0.280 e. The molecule has 0 radical (unpaired) electrons. The lowest BCUT2D eigenvalue weighted by Gasteiger charge is -2.27. The van der Waals surface area contributed by atoms with Gasteiger partial charge in [0, 0.05) is 18.9 Å². The molecule has 0 aromatic carbocycles. The molecule has 16 heavy (non-hydrogen) atoms. The third-order valence-electron chi connectivity index (χ3n) is 2.88. The Bertz CT molecular complexity index is 334. The van der Waals surface area contributed by atoms with Crippen molar-refractivity contribution in [2.24, 2.45) is 0 Å². The Labute approximate surface area is 105 Å². The summed E-state index contributed by atoms with van der Waals surface area (Å²) in [6.07, 6.45) is 3.88. The highest BCUT2D eigenvalue weighted by Gasteiger charge is 2.29. The lowest BCUT2D eigenvalue weighted by molar-refractivity contribution is -0.889. The van der Waals surface area contributed by atoms with Crippen molar-refractivity contribution in [3.8, 4) is 0 Å². The van der Waals surface area contributed by atoms with E-state index in [-0.39, 0.29) is 22.9 Å². The van der Waals surface area contributed by atoms with Crippen LogP contribution in [0.1, 0.15) is 12.8 Å². The van der Waals surface area contributed by atoms with Crippen LogP contribution in [0.25, 0.3) is 0 Å².